The Bertz CT molecular complexity index is 1230. The lowest BCUT2D eigenvalue weighted by molar-refractivity contribution is -0.0383. The van der Waals surface area contributed by atoms with Crippen LogP contribution < -0.4 is 5.32 Å². The van der Waals surface area contributed by atoms with Crippen LogP contribution >= 0.6 is 0 Å². The molecule has 2 aromatic heterocycles. The first-order valence-corrected chi connectivity index (χ1v) is 19.4. The molecule has 1 aliphatic heterocycles. The van der Waals surface area contributed by atoms with E-state index < -0.39 is 16.6 Å². The molecule has 3 atom stereocenters. The second-order valence-corrected chi connectivity index (χ2v) is 23.0. The standard InChI is InChI=1S/C28H45N5O3Si2/c1-27(2,3)37(7,8)34-17-22-21(36-38(9,10)28(4,5)6)16-23(35-22)33-19-31-24-25(29-18-30-26(24)33)32-20-14-12-11-13-15-20/h11-15,18-19,21-23H,16-17H2,1-10H3,(H,29,30,32)/t21-,22+,23+/m0/s1. The molecule has 38 heavy (non-hydrogen) atoms. The molecule has 208 valence electrons. The number of rotatable bonds is 8. The van der Waals surface area contributed by atoms with Gasteiger partial charge in [0.1, 0.15) is 18.7 Å². The minimum atomic E-state index is -2.03. The fourth-order valence-electron chi connectivity index (χ4n) is 4.02. The minimum absolute atomic E-state index is 0.0631. The third-order valence-electron chi connectivity index (χ3n) is 8.55. The molecule has 3 heterocycles. The molecule has 1 fully saturated rings. The number of hydrogen-bond donors (Lipinski definition) is 1. The molecule has 0 aliphatic carbocycles. The van der Waals surface area contributed by atoms with Crippen molar-refractivity contribution >= 4 is 39.3 Å². The van der Waals surface area contributed by atoms with Gasteiger partial charge in [-0.1, -0.05) is 59.7 Å². The first kappa shape index (κ1) is 28.9. The Morgan fingerprint density at radius 2 is 1.61 bits per heavy atom. The summed E-state index contributed by atoms with van der Waals surface area (Å²) in [5, 5.41) is 3.59. The summed E-state index contributed by atoms with van der Waals surface area (Å²) in [5.41, 5.74) is 2.40. The second kappa shape index (κ2) is 10.5. The Kier molecular flexibility index (Phi) is 7.95. The van der Waals surface area contributed by atoms with Crippen LogP contribution in [0.5, 0.6) is 0 Å². The summed E-state index contributed by atoms with van der Waals surface area (Å²) in [5.74, 6) is 0.671. The zero-order valence-electron chi connectivity index (χ0n) is 24.7. The van der Waals surface area contributed by atoms with E-state index in [0.29, 0.717) is 17.9 Å². The van der Waals surface area contributed by atoms with Gasteiger partial charge in [-0.2, -0.15) is 0 Å². The molecular weight excluding hydrogens is 511 g/mol. The first-order chi connectivity index (χ1) is 17.6. The molecule has 0 bridgehead atoms. The number of fused-ring (bicyclic) bond motifs is 1. The average Bonchev–Trinajstić information content (AvgIpc) is 3.41. The third-order valence-corrected chi connectivity index (χ3v) is 17.6. The van der Waals surface area contributed by atoms with Crippen molar-refractivity contribution in [3.05, 3.63) is 43.0 Å². The maximum Gasteiger partial charge on any atom is 0.192 e. The summed E-state index contributed by atoms with van der Waals surface area (Å²) in [4.78, 5) is 13.7. The van der Waals surface area contributed by atoms with Crippen LogP contribution in [0.1, 0.15) is 54.2 Å². The van der Waals surface area contributed by atoms with Crippen molar-refractivity contribution in [1.82, 2.24) is 19.5 Å². The zero-order chi connectivity index (χ0) is 27.9. The van der Waals surface area contributed by atoms with Crippen LogP contribution in [0, 0.1) is 0 Å². The fourth-order valence-corrected chi connectivity index (χ4v) is 6.39. The lowest BCUT2D eigenvalue weighted by atomic mass is 10.2. The molecular formula is C28H45N5O3Si2. The number of hydrogen-bond acceptors (Lipinski definition) is 7. The van der Waals surface area contributed by atoms with Gasteiger partial charge in [0.2, 0.25) is 0 Å². The molecule has 8 nitrogen and oxygen atoms in total. The molecule has 0 spiro atoms. The predicted octanol–water partition coefficient (Wildman–Crippen LogP) is 7.27. The highest BCUT2D eigenvalue weighted by Crippen LogP contribution is 2.43. The van der Waals surface area contributed by atoms with Crippen LogP contribution in [-0.4, -0.2) is 55.0 Å². The van der Waals surface area contributed by atoms with Gasteiger partial charge in [0, 0.05) is 12.1 Å². The number of aromatic nitrogens is 4. The maximum atomic E-state index is 6.94. The van der Waals surface area contributed by atoms with Crippen molar-refractivity contribution in [3.8, 4) is 0 Å². The summed E-state index contributed by atoms with van der Waals surface area (Å²) in [6, 6.07) is 9.96. The van der Waals surface area contributed by atoms with Gasteiger partial charge in [0.05, 0.1) is 19.0 Å². The number of ether oxygens (including phenoxy) is 1. The second-order valence-electron chi connectivity index (χ2n) is 13.4. The van der Waals surface area contributed by atoms with Gasteiger partial charge >= 0.3 is 0 Å². The van der Waals surface area contributed by atoms with E-state index in [9.17, 15) is 0 Å². The van der Waals surface area contributed by atoms with Crippen molar-refractivity contribution < 1.29 is 13.6 Å². The normalized spacial score (nSPS) is 21.3. The van der Waals surface area contributed by atoms with Crippen LogP contribution in [0.4, 0.5) is 11.5 Å². The van der Waals surface area contributed by atoms with Crippen LogP contribution in [0.2, 0.25) is 36.3 Å². The Morgan fingerprint density at radius 3 is 2.24 bits per heavy atom. The first-order valence-electron chi connectivity index (χ1n) is 13.6. The number of nitrogens with one attached hydrogen (secondary N) is 1. The zero-order valence-corrected chi connectivity index (χ0v) is 26.7. The van der Waals surface area contributed by atoms with Crippen molar-refractivity contribution in [3.63, 3.8) is 0 Å². The molecule has 4 rings (SSSR count). The number of imidazole rings is 1. The summed E-state index contributed by atoms with van der Waals surface area (Å²) in [6.07, 6.45) is 3.62. The molecule has 0 unspecified atom stereocenters. The predicted molar refractivity (Wildman–Crippen MR) is 159 cm³/mol. The van der Waals surface area contributed by atoms with Crippen molar-refractivity contribution in [2.45, 2.75) is 103 Å². The third kappa shape index (κ3) is 6.04. The van der Waals surface area contributed by atoms with Gasteiger partial charge in [-0.05, 0) is 48.4 Å². The van der Waals surface area contributed by atoms with E-state index in [4.69, 9.17) is 13.6 Å². The molecule has 10 heteroatoms. The van der Waals surface area contributed by atoms with Crippen LogP contribution in [0.3, 0.4) is 0 Å². The highest BCUT2D eigenvalue weighted by atomic mass is 28.4. The Balaban J connectivity index is 1.61. The Labute approximate surface area is 229 Å². The van der Waals surface area contributed by atoms with Crippen molar-refractivity contribution in [1.29, 1.82) is 0 Å². The number of anilines is 2. The average molecular weight is 556 g/mol. The van der Waals surface area contributed by atoms with Gasteiger partial charge < -0.3 is 18.9 Å². The van der Waals surface area contributed by atoms with E-state index in [1.807, 2.05) is 34.9 Å². The van der Waals surface area contributed by atoms with Gasteiger partial charge in [-0.25, -0.2) is 15.0 Å². The summed E-state index contributed by atoms with van der Waals surface area (Å²) in [7, 11) is -3.97. The molecule has 0 amide bonds. The highest BCUT2D eigenvalue weighted by Gasteiger charge is 2.46. The van der Waals surface area contributed by atoms with Gasteiger partial charge in [0.25, 0.3) is 0 Å². The van der Waals surface area contributed by atoms with E-state index in [2.05, 4.69) is 88.0 Å². The minimum Gasteiger partial charge on any atom is -0.414 e. The van der Waals surface area contributed by atoms with Gasteiger partial charge in [0.15, 0.2) is 33.6 Å². The largest absolute Gasteiger partial charge is 0.414 e. The summed E-state index contributed by atoms with van der Waals surface area (Å²) < 4.78 is 22.3. The molecule has 1 aromatic carbocycles. The maximum absolute atomic E-state index is 6.94. The van der Waals surface area contributed by atoms with E-state index >= 15 is 0 Å². The van der Waals surface area contributed by atoms with E-state index in [0.717, 1.165) is 17.8 Å². The number of nitrogens with zero attached hydrogens (tertiary/aromatic N) is 4. The number of para-hydroxylation sites is 1. The Hall–Kier alpha value is -2.12. The summed E-state index contributed by atoms with van der Waals surface area (Å²) in [6.45, 7) is 23.3. The van der Waals surface area contributed by atoms with Gasteiger partial charge in [-0.3, -0.25) is 4.57 Å². The number of benzene rings is 1. The van der Waals surface area contributed by atoms with Crippen molar-refractivity contribution in [2.75, 3.05) is 11.9 Å². The highest BCUT2D eigenvalue weighted by molar-refractivity contribution is 6.74. The fraction of sp³-hybridized carbons (Fsp3) is 0.607. The van der Waals surface area contributed by atoms with E-state index in [-0.39, 0.29) is 28.5 Å². The van der Waals surface area contributed by atoms with Crippen LogP contribution in [-0.2, 0) is 13.6 Å². The molecule has 0 saturated carbocycles. The monoisotopic (exact) mass is 555 g/mol. The van der Waals surface area contributed by atoms with Crippen molar-refractivity contribution in [2.24, 2.45) is 0 Å². The molecule has 3 aromatic rings. The molecule has 1 aliphatic rings. The lowest BCUT2D eigenvalue weighted by Gasteiger charge is -2.40. The lowest BCUT2D eigenvalue weighted by Crippen LogP contribution is -2.48. The molecule has 1 saturated heterocycles. The smallest absolute Gasteiger partial charge is 0.192 e. The molecule has 1 N–H and O–H groups in total. The van der Waals surface area contributed by atoms with Gasteiger partial charge in [-0.15, -0.1) is 0 Å². The molecule has 0 radical (unpaired) electrons. The SMILES string of the molecule is CC(C)(C)[Si](C)(C)OC[C@H]1O[C@@H](n2cnc3c(Nc4ccccc4)ncnc32)C[C@@H]1O[Si](C)(C)C(C)(C)C. The summed E-state index contributed by atoms with van der Waals surface area (Å²) >= 11 is 0. The van der Waals surface area contributed by atoms with E-state index in [1.165, 1.54) is 0 Å². The van der Waals surface area contributed by atoms with Crippen LogP contribution in [0.25, 0.3) is 11.2 Å². The topological polar surface area (TPSA) is 83.3 Å². The Morgan fingerprint density at radius 1 is 0.947 bits per heavy atom. The van der Waals surface area contributed by atoms with E-state index in [1.54, 1.807) is 12.7 Å². The quantitative estimate of drug-likeness (QED) is 0.293. The van der Waals surface area contributed by atoms with Crippen LogP contribution in [0.15, 0.2) is 43.0 Å².